The number of aromatic amines is 2. The Hall–Kier alpha value is -4.98. The fraction of sp³-hybridized carbons (Fsp3) is 0. The number of fused-ring (bicyclic) bond motifs is 2. The number of benzene rings is 3. The first-order valence-corrected chi connectivity index (χ1v) is 10.3. The summed E-state index contributed by atoms with van der Waals surface area (Å²) in [5, 5.41) is 1.12. The maximum atomic E-state index is 12.7. The molecule has 0 saturated heterocycles. The van der Waals surface area contributed by atoms with Crippen LogP contribution in [0.5, 0.6) is 11.5 Å². The van der Waals surface area contributed by atoms with Crippen LogP contribution in [-0.2, 0) is 0 Å². The summed E-state index contributed by atoms with van der Waals surface area (Å²) in [5.74, 6) is -0.976. The monoisotopic (exact) mass is 452 g/mol. The Kier molecular flexibility index (Phi) is 5.23. The number of hydrogen-bond acceptors (Lipinski definition) is 6. The summed E-state index contributed by atoms with van der Waals surface area (Å²) < 4.78 is 10.8. The van der Waals surface area contributed by atoms with E-state index in [4.69, 9.17) is 9.47 Å². The van der Waals surface area contributed by atoms with Gasteiger partial charge in [-0.1, -0.05) is 36.4 Å². The molecule has 0 amide bonds. The summed E-state index contributed by atoms with van der Waals surface area (Å²) in [7, 11) is 0. The van der Waals surface area contributed by atoms with Crippen molar-refractivity contribution < 1.29 is 19.1 Å². The normalized spacial score (nSPS) is 10.8. The SMILES string of the molecule is O=C(Oc1ccc(OC(=O)c2cc(=O)[nH]c3ccccc23)cc1)c1cc(=O)[nH]c2ccccc12. The fourth-order valence-electron chi connectivity index (χ4n) is 3.65. The quantitative estimate of drug-likeness (QED) is 0.316. The molecule has 5 aromatic rings. The van der Waals surface area contributed by atoms with Crippen molar-refractivity contribution in [3.63, 3.8) is 0 Å². The van der Waals surface area contributed by atoms with E-state index >= 15 is 0 Å². The van der Waals surface area contributed by atoms with E-state index in [2.05, 4.69) is 9.97 Å². The van der Waals surface area contributed by atoms with Gasteiger partial charge in [-0.25, -0.2) is 9.59 Å². The molecule has 0 aliphatic rings. The predicted octanol–water partition coefficient (Wildman–Crippen LogP) is 3.81. The van der Waals surface area contributed by atoms with Gasteiger partial charge in [0.25, 0.3) is 0 Å². The number of para-hydroxylation sites is 2. The lowest BCUT2D eigenvalue weighted by molar-refractivity contribution is 0.0721. The number of esters is 2. The van der Waals surface area contributed by atoms with E-state index in [9.17, 15) is 19.2 Å². The molecule has 0 bridgehead atoms. The first kappa shape index (κ1) is 20.9. The number of pyridine rings is 2. The molecule has 0 aliphatic carbocycles. The van der Waals surface area contributed by atoms with Gasteiger partial charge < -0.3 is 19.4 Å². The van der Waals surface area contributed by atoms with Gasteiger partial charge in [-0.05, 0) is 36.4 Å². The molecule has 0 unspecified atom stereocenters. The van der Waals surface area contributed by atoms with E-state index in [1.807, 2.05) is 0 Å². The summed E-state index contributed by atoms with van der Waals surface area (Å²) in [6.45, 7) is 0. The van der Waals surface area contributed by atoms with Crippen LogP contribution >= 0.6 is 0 Å². The van der Waals surface area contributed by atoms with Crippen LogP contribution in [-0.4, -0.2) is 21.9 Å². The minimum atomic E-state index is -0.693. The molecule has 0 spiro atoms. The highest BCUT2D eigenvalue weighted by molar-refractivity contribution is 6.04. The van der Waals surface area contributed by atoms with Crippen LogP contribution in [0.15, 0.2) is 94.5 Å². The second kappa shape index (κ2) is 8.51. The summed E-state index contributed by atoms with van der Waals surface area (Å²) >= 11 is 0. The first-order chi connectivity index (χ1) is 16.5. The lowest BCUT2D eigenvalue weighted by Crippen LogP contribution is -2.15. The Balaban J connectivity index is 1.35. The average Bonchev–Trinajstić information content (AvgIpc) is 2.84. The first-order valence-electron chi connectivity index (χ1n) is 10.3. The lowest BCUT2D eigenvalue weighted by atomic mass is 10.1. The van der Waals surface area contributed by atoms with Gasteiger partial charge in [-0.15, -0.1) is 0 Å². The highest BCUT2D eigenvalue weighted by atomic mass is 16.5. The largest absolute Gasteiger partial charge is 0.423 e. The van der Waals surface area contributed by atoms with Crippen molar-refractivity contribution >= 4 is 33.7 Å². The molecular weight excluding hydrogens is 436 g/mol. The lowest BCUT2D eigenvalue weighted by Gasteiger charge is -2.09. The Bertz CT molecular complexity index is 1560. The van der Waals surface area contributed by atoms with Gasteiger partial charge in [-0.2, -0.15) is 0 Å². The summed E-state index contributed by atoms with van der Waals surface area (Å²) in [5.41, 5.74) is 0.486. The zero-order valence-corrected chi connectivity index (χ0v) is 17.5. The predicted molar refractivity (Wildman–Crippen MR) is 125 cm³/mol. The zero-order valence-electron chi connectivity index (χ0n) is 17.5. The molecule has 8 nitrogen and oxygen atoms in total. The number of ether oxygens (including phenoxy) is 2. The molecular formula is C26H16N2O6. The van der Waals surface area contributed by atoms with Gasteiger partial charge >= 0.3 is 11.9 Å². The van der Waals surface area contributed by atoms with Crippen molar-refractivity contribution in [2.75, 3.05) is 0 Å². The van der Waals surface area contributed by atoms with Gasteiger partial charge in [0.05, 0.1) is 11.1 Å². The molecule has 0 fully saturated rings. The smallest absolute Gasteiger partial charge is 0.344 e. The molecule has 0 radical (unpaired) electrons. The number of nitrogens with one attached hydrogen (secondary N) is 2. The molecule has 0 saturated carbocycles. The number of rotatable bonds is 4. The minimum absolute atomic E-state index is 0.135. The van der Waals surface area contributed by atoms with Crippen molar-refractivity contribution in [3.05, 3.63) is 117 Å². The molecule has 0 atom stereocenters. The fourth-order valence-corrected chi connectivity index (χ4v) is 3.65. The maximum absolute atomic E-state index is 12.7. The molecule has 2 N–H and O–H groups in total. The van der Waals surface area contributed by atoms with Crippen LogP contribution in [0.1, 0.15) is 20.7 Å². The van der Waals surface area contributed by atoms with Gasteiger partial charge in [0.15, 0.2) is 0 Å². The molecule has 0 aliphatic heterocycles. The number of hydrogen-bond donors (Lipinski definition) is 2. The minimum Gasteiger partial charge on any atom is -0.423 e. The van der Waals surface area contributed by atoms with E-state index in [1.165, 1.54) is 36.4 Å². The Morgan fingerprint density at radius 3 is 1.35 bits per heavy atom. The highest BCUT2D eigenvalue weighted by Gasteiger charge is 2.16. The van der Waals surface area contributed by atoms with E-state index in [0.29, 0.717) is 21.8 Å². The summed E-state index contributed by atoms with van der Waals surface area (Å²) in [6.07, 6.45) is 0. The van der Waals surface area contributed by atoms with Crippen molar-refractivity contribution in [2.45, 2.75) is 0 Å². The van der Waals surface area contributed by atoms with Crippen molar-refractivity contribution in [1.82, 2.24) is 9.97 Å². The van der Waals surface area contributed by atoms with E-state index in [-0.39, 0.29) is 22.6 Å². The molecule has 2 heterocycles. The van der Waals surface area contributed by atoms with Crippen LogP contribution in [0.2, 0.25) is 0 Å². The molecule has 2 aromatic heterocycles. The number of H-pyrrole nitrogens is 2. The molecule has 5 rings (SSSR count). The standard InChI is InChI=1S/C26H16N2O6/c29-23-13-19(17-5-1-3-7-21(17)27-23)25(31)33-15-9-11-16(12-10-15)34-26(32)20-14-24(30)28-22-8-4-2-6-18(20)22/h1-14H,(H,27,29)(H,28,30). The van der Waals surface area contributed by atoms with Gasteiger partial charge in [0, 0.05) is 33.9 Å². The van der Waals surface area contributed by atoms with Crippen LogP contribution in [0.3, 0.4) is 0 Å². The third-order valence-corrected chi connectivity index (χ3v) is 5.19. The second-order valence-electron chi connectivity index (χ2n) is 7.44. The van der Waals surface area contributed by atoms with Gasteiger partial charge in [0.2, 0.25) is 11.1 Å². The van der Waals surface area contributed by atoms with E-state index in [0.717, 1.165) is 0 Å². The zero-order chi connectivity index (χ0) is 23.7. The highest BCUT2D eigenvalue weighted by Crippen LogP contribution is 2.23. The third kappa shape index (κ3) is 4.07. The Morgan fingerprint density at radius 1 is 0.559 bits per heavy atom. The topological polar surface area (TPSA) is 118 Å². The van der Waals surface area contributed by atoms with Crippen LogP contribution in [0.25, 0.3) is 21.8 Å². The summed E-state index contributed by atoms with van der Waals surface area (Å²) in [4.78, 5) is 54.5. The van der Waals surface area contributed by atoms with Gasteiger partial charge in [-0.3, -0.25) is 9.59 Å². The van der Waals surface area contributed by atoms with Crippen molar-refractivity contribution in [2.24, 2.45) is 0 Å². The van der Waals surface area contributed by atoms with Crippen molar-refractivity contribution in [3.8, 4) is 11.5 Å². The Morgan fingerprint density at radius 2 is 0.941 bits per heavy atom. The summed E-state index contributed by atoms with van der Waals surface area (Å²) in [6, 6.07) is 22.1. The maximum Gasteiger partial charge on any atom is 0.344 e. The third-order valence-electron chi connectivity index (χ3n) is 5.19. The van der Waals surface area contributed by atoms with Crippen LogP contribution in [0.4, 0.5) is 0 Å². The number of carbonyl (C=O) groups is 2. The van der Waals surface area contributed by atoms with E-state index in [1.54, 1.807) is 48.5 Å². The van der Waals surface area contributed by atoms with Crippen LogP contribution in [0, 0.1) is 0 Å². The molecule has 166 valence electrons. The van der Waals surface area contributed by atoms with Crippen LogP contribution < -0.4 is 20.6 Å². The number of aromatic nitrogens is 2. The average molecular weight is 452 g/mol. The Labute approximate surface area is 191 Å². The molecule has 8 heteroatoms. The molecule has 34 heavy (non-hydrogen) atoms. The number of carbonyl (C=O) groups excluding carboxylic acids is 2. The van der Waals surface area contributed by atoms with E-state index < -0.39 is 23.1 Å². The molecule has 3 aromatic carbocycles. The van der Waals surface area contributed by atoms with Crippen molar-refractivity contribution in [1.29, 1.82) is 0 Å². The van der Waals surface area contributed by atoms with Gasteiger partial charge in [0.1, 0.15) is 11.5 Å². The second-order valence-corrected chi connectivity index (χ2v) is 7.44.